The van der Waals surface area contributed by atoms with Crippen molar-refractivity contribution in [3.8, 4) is 11.1 Å². The number of nitrogens with zero attached hydrogens (tertiary/aromatic N) is 3. The number of halogens is 2. The molecule has 0 amide bonds. The molecule has 0 bridgehead atoms. The Balaban J connectivity index is 1.24. The van der Waals surface area contributed by atoms with Crippen molar-refractivity contribution < 1.29 is 22.3 Å². The maximum absolute atomic E-state index is 16.0. The minimum atomic E-state index is -4.26. The molecule has 3 aromatic carbocycles. The third kappa shape index (κ3) is 6.67. The second kappa shape index (κ2) is 12.4. The van der Waals surface area contributed by atoms with Crippen molar-refractivity contribution in [2.24, 2.45) is 5.41 Å². The van der Waals surface area contributed by atoms with Crippen LogP contribution in [-0.4, -0.2) is 55.4 Å². The van der Waals surface area contributed by atoms with Crippen molar-refractivity contribution in [2.75, 3.05) is 30.2 Å². The molecule has 2 aliphatic rings. The van der Waals surface area contributed by atoms with Gasteiger partial charge in [0.2, 0.25) is 5.95 Å². The number of nitrogens with one attached hydrogen (secondary N) is 2. The van der Waals surface area contributed by atoms with Gasteiger partial charge >= 0.3 is 5.97 Å². The lowest BCUT2D eigenvalue weighted by atomic mass is 9.97. The van der Waals surface area contributed by atoms with E-state index in [1.54, 1.807) is 63.4 Å². The molecular formula is C34H37ClFN5O4S. The SMILES string of the molecule is CN1CCC(Nc2ncc3cc(-c4cccc(NS(=O)(=O)c5cc(Cl)cc6c5CC[C@H]6OC(=O)C(C)(C)C)c4F)ccc3n2)CC1. The molecule has 1 saturated heterocycles. The molecule has 6 rings (SSSR count). The molecule has 1 atom stereocenters. The number of hydrogen-bond donors (Lipinski definition) is 2. The van der Waals surface area contributed by atoms with Crippen LogP contribution in [0.15, 0.2) is 59.6 Å². The largest absolute Gasteiger partial charge is 0.457 e. The van der Waals surface area contributed by atoms with E-state index >= 15 is 4.39 Å². The number of benzene rings is 3. The molecule has 1 aliphatic carbocycles. The van der Waals surface area contributed by atoms with Gasteiger partial charge in [0.1, 0.15) is 6.10 Å². The molecule has 2 heterocycles. The lowest BCUT2D eigenvalue weighted by molar-refractivity contribution is -0.158. The number of esters is 1. The van der Waals surface area contributed by atoms with E-state index in [-0.39, 0.29) is 21.2 Å². The number of likely N-dealkylation sites (tertiary alicyclic amines) is 1. The van der Waals surface area contributed by atoms with Crippen molar-refractivity contribution in [1.29, 1.82) is 0 Å². The van der Waals surface area contributed by atoms with Crippen LogP contribution in [0.2, 0.25) is 5.02 Å². The molecule has 12 heteroatoms. The summed E-state index contributed by atoms with van der Waals surface area (Å²) in [5.41, 5.74) is 1.62. The van der Waals surface area contributed by atoms with E-state index in [4.69, 9.17) is 16.3 Å². The Kier molecular flexibility index (Phi) is 8.69. The summed E-state index contributed by atoms with van der Waals surface area (Å²) in [7, 11) is -2.15. The number of piperidine rings is 1. The Bertz CT molecular complexity index is 1920. The molecule has 9 nitrogen and oxygen atoms in total. The topological polar surface area (TPSA) is 114 Å². The Morgan fingerprint density at radius 2 is 1.85 bits per heavy atom. The summed E-state index contributed by atoms with van der Waals surface area (Å²) >= 11 is 6.35. The van der Waals surface area contributed by atoms with Crippen LogP contribution in [0, 0.1) is 11.2 Å². The average Bonchev–Trinajstić information content (AvgIpc) is 3.40. The number of fused-ring (bicyclic) bond motifs is 2. The highest BCUT2D eigenvalue weighted by atomic mass is 35.5. The Morgan fingerprint density at radius 1 is 1.09 bits per heavy atom. The van der Waals surface area contributed by atoms with Crippen molar-refractivity contribution >= 4 is 50.1 Å². The molecule has 2 N–H and O–H groups in total. The zero-order valence-electron chi connectivity index (χ0n) is 26.2. The van der Waals surface area contributed by atoms with Gasteiger partial charge in [-0.2, -0.15) is 0 Å². The van der Waals surface area contributed by atoms with Crippen molar-refractivity contribution in [2.45, 2.75) is 63.5 Å². The van der Waals surface area contributed by atoms with Crippen LogP contribution in [0.5, 0.6) is 0 Å². The summed E-state index contributed by atoms with van der Waals surface area (Å²) in [5, 5.41) is 4.33. The van der Waals surface area contributed by atoms with Gasteiger partial charge in [0.25, 0.3) is 10.0 Å². The average molecular weight is 666 g/mol. The molecule has 0 spiro atoms. The minimum Gasteiger partial charge on any atom is -0.457 e. The van der Waals surface area contributed by atoms with E-state index in [0.29, 0.717) is 47.0 Å². The smallest absolute Gasteiger partial charge is 0.311 e. The van der Waals surface area contributed by atoms with Gasteiger partial charge in [-0.25, -0.2) is 22.8 Å². The van der Waals surface area contributed by atoms with Crippen molar-refractivity contribution in [3.05, 3.63) is 76.7 Å². The third-order valence-electron chi connectivity index (χ3n) is 8.55. The standard InChI is InChI=1S/C34H37ClFN5O4S/c1-34(2,3)32(42)45-29-11-9-25-26(29)17-22(35)18-30(25)46(43,44)40-28-7-5-6-24(31(28)36)20-8-10-27-21(16-20)19-37-33(39-27)38-23-12-14-41(4)15-13-23/h5-8,10,16-19,23,29,40H,9,11-15H2,1-4H3,(H,37,38,39)/t29-/m1/s1. The number of rotatable bonds is 7. The fraction of sp³-hybridized carbons (Fsp3) is 0.382. The van der Waals surface area contributed by atoms with Crippen LogP contribution in [0.1, 0.15) is 57.3 Å². The fourth-order valence-electron chi connectivity index (χ4n) is 5.93. The number of hydrogen-bond acceptors (Lipinski definition) is 8. The molecule has 1 fully saturated rings. The first kappa shape index (κ1) is 32.2. The highest BCUT2D eigenvalue weighted by Crippen LogP contribution is 2.41. The van der Waals surface area contributed by atoms with Gasteiger partial charge in [0.15, 0.2) is 5.82 Å². The van der Waals surface area contributed by atoms with Crippen LogP contribution < -0.4 is 10.0 Å². The monoisotopic (exact) mass is 665 g/mol. The first-order valence-corrected chi connectivity index (χ1v) is 17.2. The predicted molar refractivity (Wildman–Crippen MR) is 178 cm³/mol. The van der Waals surface area contributed by atoms with E-state index in [9.17, 15) is 13.2 Å². The number of anilines is 2. The van der Waals surface area contributed by atoms with Gasteiger partial charge in [-0.3, -0.25) is 9.52 Å². The van der Waals surface area contributed by atoms with Gasteiger partial charge in [-0.05, 0) is 114 Å². The number of carbonyl (C=O) groups excluding carboxylic acids is 1. The van der Waals surface area contributed by atoms with Gasteiger partial charge < -0.3 is 15.0 Å². The maximum Gasteiger partial charge on any atom is 0.311 e. The lowest BCUT2D eigenvalue weighted by Gasteiger charge is -2.29. The summed E-state index contributed by atoms with van der Waals surface area (Å²) in [4.78, 5) is 23.9. The second-order valence-corrected chi connectivity index (χ2v) is 15.2. The van der Waals surface area contributed by atoms with E-state index in [2.05, 4.69) is 32.0 Å². The van der Waals surface area contributed by atoms with E-state index in [0.717, 1.165) is 31.3 Å². The molecule has 0 saturated carbocycles. The summed E-state index contributed by atoms with van der Waals surface area (Å²) in [5.74, 6) is -0.553. The van der Waals surface area contributed by atoms with E-state index < -0.39 is 33.3 Å². The number of carbonyl (C=O) groups is 1. The third-order valence-corrected chi connectivity index (χ3v) is 10.2. The van der Waals surface area contributed by atoms with Gasteiger partial charge in [-0.1, -0.05) is 29.8 Å². The van der Waals surface area contributed by atoms with E-state index in [1.165, 1.54) is 12.1 Å². The molecule has 0 radical (unpaired) electrons. The number of aromatic nitrogens is 2. The van der Waals surface area contributed by atoms with Crippen molar-refractivity contribution in [3.63, 3.8) is 0 Å². The summed E-state index contributed by atoms with van der Waals surface area (Å²) in [6, 6.07) is 13.2. The highest BCUT2D eigenvalue weighted by Gasteiger charge is 2.35. The van der Waals surface area contributed by atoms with Gasteiger partial charge in [-0.15, -0.1) is 0 Å². The van der Waals surface area contributed by atoms with E-state index in [1.807, 2.05) is 0 Å². The van der Waals surface area contributed by atoms with Crippen LogP contribution in [0.3, 0.4) is 0 Å². The summed E-state index contributed by atoms with van der Waals surface area (Å²) < 4.78 is 51.5. The molecule has 4 aromatic rings. The normalized spacial score (nSPS) is 17.6. The maximum atomic E-state index is 16.0. The summed E-state index contributed by atoms with van der Waals surface area (Å²) in [6.07, 6.45) is 3.91. The van der Waals surface area contributed by atoms with Crippen molar-refractivity contribution in [1.82, 2.24) is 14.9 Å². The molecular weight excluding hydrogens is 629 g/mol. The fourth-order valence-corrected chi connectivity index (χ4v) is 7.60. The number of sulfonamides is 1. The molecule has 1 aliphatic heterocycles. The first-order valence-electron chi connectivity index (χ1n) is 15.4. The Labute approximate surface area is 273 Å². The lowest BCUT2D eigenvalue weighted by Crippen LogP contribution is -2.37. The number of ether oxygens (including phenoxy) is 1. The van der Waals surface area contributed by atoms with Crippen LogP contribution in [-0.2, 0) is 26.0 Å². The van der Waals surface area contributed by atoms with Crippen LogP contribution in [0.25, 0.3) is 22.0 Å². The molecule has 0 unspecified atom stereocenters. The van der Waals surface area contributed by atoms with Crippen LogP contribution in [0.4, 0.5) is 16.0 Å². The Hall–Kier alpha value is -3.80. The molecule has 1 aromatic heterocycles. The second-order valence-electron chi connectivity index (χ2n) is 13.1. The Morgan fingerprint density at radius 3 is 2.59 bits per heavy atom. The van der Waals surface area contributed by atoms with Crippen LogP contribution >= 0.6 is 11.6 Å². The molecule has 46 heavy (non-hydrogen) atoms. The van der Waals surface area contributed by atoms with Gasteiger partial charge in [0.05, 0.1) is 21.5 Å². The quantitative estimate of drug-likeness (QED) is 0.204. The zero-order chi connectivity index (χ0) is 32.8. The zero-order valence-corrected chi connectivity index (χ0v) is 27.8. The highest BCUT2D eigenvalue weighted by molar-refractivity contribution is 7.92. The minimum absolute atomic E-state index is 0.0679. The van der Waals surface area contributed by atoms with Gasteiger partial charge in [0, 0.05) is 28.2 Å². The first-order chi connectivity index (χ1) is 21.8. The predicted octanol–water partition coefficient (Wildman–Crippen LogP) is 6.97. The summed E-state index contributed by atoms with van der Waals surface area (Å²) in [6.45, 7) is 7.30. The molecule has 242 valence electrons.